The maximum absolute atomic E-state index is 12.3. The van der Waals surface area contributed by atoms with Crippen molar-refractivity contribution in [3.8, 4) is 0 Å². The summed E-state index contributed by atoms with van der Waals surface area (Å²) in [6.45, 7) is 3.91. The van der Waals surface area contributed by atoms with E-state index in [0.717, 1.165) is 35.1 Å². The Bertz CT molecular complexity index is 1030. The molecule has 2 N–H and O–H groups in total. The van der Waals surface area contributed by atoms with E-state index in [-0.39, 0.29) is 17.2 Å². The summed E-state index contributed by atoms with van der Waals surface area (Å²) in [5, 5.41) is 7.63. The summed E-state index contributed by atoms with van der Waals surface area (Å²) in [6, 6.07) is 7.21. The van der Waals surface area contributed by atoms with E-state index in [1.807, 2.05) is 26.0 Å². The monoisotopic (exact) mass is 337 g/mol. The Balaban J connectivity index is 1.62. The summed E-state index contributed by atoms with van der Waals surface area (Å²) in [5.74, 6) is 0.866. The molecular formula is C19H19N3O3. The molecule has 128 valence electrons. The SMILES string of the molecule is CCc1c(C)c2ccc(NC(=O)c3cc(C4CC4)on3)cc2[nH]c1=O. The van der Waals surface area contributed by atoms with E-state index in [1.54, 1.807) is 12.1 Å². The molecule has 1 amide bonds. The molecule has 1 saturated carbocycles. The lowest BCUT2D eigenvalue weighted by atomic mass is 10.0. The molecule has 3 aromatic rings. The molecule has 4 rings (SSSR count). The Morgan fingerprint density at radius 1 is 1.36 bits per heavy atom. The van der Waals surface area contributed by atoms with E-state index in [2.05, 4.69) is 15.5 Å². The van der Waals surface area contributed by atoms with E-state index in [1.165, 1.54) is 0 Å². The van der Waals surface area contributed by atoms with Gasteiger partial charge >= 0.3 is 0 Å². The molecule has 1 aliphatic carbocycles. The molecule has 0 saturated heterocycles. The molecular weight excluding hydrogens is 318 g/mol. The van der Waals surface area contributed by atoms with Crippen LogP contribution in [0.4, 0.5) is 5.69 Å². The second kappa shape index (κ2) is 5.88. The molecule has 6 nitrogen and oxygen atoms in total. The number of anilines is 1. The Kier molecular flexibility index (Phi) is 3.67. The van der Waals surface area contributed by atoms with Crippen molar-refractivity contribution in [2.45, 2.75) is 39.0 Å². The molecule has 0 atom stereocenters. The number of nitrogens with zero attached hydrogens (tertiary/aromatic N) is 1. The van der Waals surface area contributed by atoms with Crippen molar-refractivity contribution in [2.75, 3.05) is 5.32 Å². The molecule has 0 bridgehead atoms. The fourth-order valence-corrected chi connectivity index (χ4v) is 3.16. The van der Waals surface area contributed by atoms with Gasteiger partial charge in [0.2, 0.25) is 0 Å². The smallest absolute Gasteiger partial charge is 0.277 e. The molecule has 1 aliphatic rings. The molecule has 2 aromatic heterocycles. The number of hydrogen-bond donors (Lipinski definition) is 2. The largest absolute Gasteiger partial charge is 0.360 e. The minimum atomic E-state index is -0.320. The fraction of sp³-hybridized carbons (Fsp3) is 0.316. The highest BCUT2D eigenvalue weighted by molar-refractivity contribution is 6.03. The molecule has 0 radical (unpaired) electrons. The molecule has 25 heavy (non-hydrogen) atoms. The first kappa shape index (κ1) is 15.6. The number of H-pyrrole nitrogens is 1. The van der Waals surface area contributed by atoms with Gasteiger partial charge < -0.3 is 14.8 Å². The van der Waals surface area contributed by atoms with Crippen LogP contribution in [0.3, 0.4) is 0 Å². The van der Waals surface area contributed by atoms with E-state index in [0.29, 0.717) is 23.5 Å². The highest BCUT2D eigenvalue weighted by Crippen LogP contribution is 2.40. The van der Waals surface area contributed by atoms with Crippen LogP contribution in [0.1, 0.15) is 53.1 Å². The van der Waals surface area contributed by atoms with E-state index < -0.39 is 0 Å². The lowest BCUT2D eigenvalue weighted by Gasteiger charge is -2.09. The van der Waals surface area contributed by atoms with Crippen LogP contribution in [0.2, 0.25) is 0 Å². The molecule has 0 spiro atoms. The van der Waals surface area contributed by atoms with Crippen LogP contribution >= 0.6 is 0 Å². The number of amides is 1. The first-order valence-corrected chi connectivity index (χ1v) is 8.50. The van der Waals surface area contributed by atoms with Crippen LogP contribution < -0.4 is 10.9 Å². The Hall–Kier alpha value is -2.89. The van der Waals surface area contributed by atoms with Gasteiger partial charge in [0.15, 0.2) is 5.69 Å². The molecule has 2 heterocycles. The summed E-state index contributed by atoms with van der Waals surface area (Å²) in [4.78, 5) is 27.4. The van der Waals surface area contributed by atoms with E-state index >= 15 is 0 Å². The quantitative estimate of drug-likeness (QED) is 0.762. The number of rotatable bonds is 4. The first-order chi connectivity index (χ1) is 12.1. The number of aromatic amines is 1. The lowest BCUT2D eigenvalue weighted by Crippen LogP contribution is -2.15. The van der Waals surface area contributed by atoms with Gasteiger partial charge in [-0.3, -0.25) is 9.59 Å². The number of carbonyl (C=O) groups excluding carboxylic acids is 1. The predicted molar refractivity (Wildman–Crippen MR) is 95.1 cm³/mol. The van der Waals surface area contributed by atoms with Crippen molar-refractivity contribution in [2.24, 2.45) is 0 Å². The summed E-state index contributed by atoms with van der Waals surface area (Å²) in [5.41, 5.74) is 3.27. The number of aryl methyl sites for hydroxylation is 1. The maximum Gasteiger partial charge on any atom is 0.277 e. The summed E-state index contributed by atoms with van der Waals surface area (Å²) >= 11 is 0. The number of carbonyl (C=O) groups is 1. The third-order valence-corrected chi connectivity index (χ3v) is 4.75. The average molecular weight is 337 g/mol. The van der Waals surface area contributed by atoms with Crippen LogP contribution in [0.5, 0.6) is 0 Å². The summed E-state index contributed by atoms with van der Waals surface area (Å²) < 4.78 is 5.22. The minimum Gasteiger partial charge on any atom is -0.360 e. The normalized spacial score (nSPS) is 14.0. The summed E-state index contributed by atoms with van der Waals surface area (Å²) in [6.07, 6.45) is 2.87. The van der Waals surface area contributed by atoms with Crippen LogP contribution in [-0.2, 0) is 6.42 Å². The van der Waals surface area contributed by atoms with Crippen molar-refractivity contribution in [1.29, 1.82) is 0 Å². The van der Waals surface area contributed by atoms with Gasteiger partial charge in [0.25, 0.3) is 11.5 Å². The minimum absolute atomic E-state index is 0.0819. The van der Waals surface area contributed by atoms with Crippen molar-refractivity contribution in [3.63, 3.8) is 0 Å². The third kappa shape index (κ3) is 2.84. The number of pyridine rings is 1. The van der Waals surface area contributed by atoms with Crippen molar-refractivity contribution >= 4 is 22.5 Å². The van der Waals surface area contributed by atoms with Gasteiger partial charge in [-0.2, -0.15) is 0 Å². The second-order valence-corrected chi connectivity index (χ2v) is 6.51. The predicted octanol–water partition coefficient (Wildman–Crippen LogP) is 3.52. The first-order valence-electron chi connectivity index (χ1n) is 8.50. The van der Waals surface area contributed by atoms with Gasteiger partial charge in [-0.25, -0.2) is 0 Å². The van der Waals surface area contributed by atoms with Gasteiger partial charge in [-0.05, 0) is 43.9 Å². The average Bonchev–Trinajstić information content (AvgIpc) is 3.32. The van der Waals surface area contributed by atoms with Gasteiger partial charge in [-0.15, -0.1) is 0 Å². The van der Waals surface area contributed by atoms with E-state index in [4.69, 9.17) is 4.52 Å². The Morgan fingerprint density at radius 2 is 2.16 bits per heavy atom. The van der Waals surface area contributed by atoms with E-state index in [9.17, 15) is 9.59 Å². The molecule has 1 aromatic carbocycles. The molecule has 1 fully saturated rings. The molecule has 6 heteroatoms. The maximum atomic E-state index is 12.3. The van der Waals surface area contributed by atoms with Gasteiger partial charge in [-0.1, -0.05) is 18.1 Å². The second-order valence-electron chi connectivity index (χ2n) is 6.51. The number of fused-ring (bicyclic) bond motifs is 1. The number of aromatic nitrogens is 2. The highest BCUT2D eigenvalue weighted by Gasteiger charge is 2.28. The number of nitrogens with one attached hydrogen (secondary N) is 2. The molecule has 0 unspecified atom stereocenters. The Morgan fingerprint density at radius 3 is 2.88 bits per heavy atom. The van der Waals surface area contributed by atoms with Crippen LogP contribution in [0.15, 0.2) is 33.6 Å². The van der Waals surface area contributed by atoms with Gasteiger partial charge in [0.1, 0.15) is 5.76 Å². The van der Waals surface area contributed by atoms with Crippen molar-refractivity contribution < 1.29 is 9.32 Å². The van der Waals surface area contributed by atoms with Crippen molar-refractivity contribution in [1.82, 2.24) is 10.1 Å². The number of hydrogen-bond acceptors (Lipinski definition) is 4. The number of benzene rings is 1. The van der Waals surface area contributed by atoms with Crippen LogP contribution in [-0.4, -0.2) is 16.0 Å². The standard InChI is InChI=1S/C19H19N3O3/c1-3-13-10(2)14-7-6-12(8-15(14)21-18(13)23)20-19(24)16-9-17(25-22-16)11-4-5-11/h6-9,11H,3-5H2,1-2H3,(H,20,24)(H,21,23). The Labute approximate surface area is 144 Å². The van der Waals surface area contributed by atoms with Crippen LogP contribution in [0, 0.1) is 6.92 Å². The lowest BCUT2D eigenvalue weighted by molar-refractivity contribution is 0.101. The highest BCUT2D eigenvalue weighted by atomic mass is 16.5. The van der Waals surface area contributed by atoms with Gasteiger partial charge in [0, 0.05) is 28.6 Å². The zero-order valence-corrected chi connectivity index (χ0v) is 14.2. The van der Waals surface area contributed by atoms with Gasteiger partial charge in [0.05, 0.1) is 5.52 Å². The summed E-state index contributed by atoms with van der Waals surface area (Å²) in [7, 11) is 0. The zero-order chi connectivity index (χ0) is 17.6. The topological polar surface area (TPSA) is 88.0 Å². The van der Waals surface area contributed by atoms with Crippen LogP contribution in [0.25, 0.3) is 10.9 Å². The van der Waals surface area contributed by atoms with Crippen molar-refractivity contribution in [3.05, 3.63) is 57.2 Å². The molecule has 0 aliphatic heterocycles. The fourth-order valence-electron chi connectivity index (χ4n) is 3.16. The zero-order valence-electron chi connectivity index (χ0n) is 14.2. The third-order valence-electron chi connectivity index (χ3n) is 4.75.